The first-order chi connectivity index (χ1) is 15.2. The molecule has 0 aromatic heterocycles. The molecule has 2 atom stereocenters. The van der Waals surface area contributed by atoms with E-state index in [1.54, 1.807) is 0 Å². The monoisotopic (exact) mass is 536 g/mol. The average molecular weight is 537 g/mol. The van der Waals surface area contributed by atoms with Crippen LogP contribution >= 0.6 is 12.4 Å². The Morgan fingerprint density at radius 3 is 2.06 bits per heavy atom. The molecule has 2 aromatic rings. The van der Waals surface area contributed by atoms with Crippen molar-refractivity contribution in [2.45, 2.75) is 40.1 Å². The summed E-state index contributed by atoms with van der Waals surface area (Å²) in [7, 11) is -4.30. The maximum absolute atomic E-state index is 14.6. The molecule has 2 aliphatic rings. The van der Waals surface area contributed by atoms with Gasteiger partial charge in [-0.1, -0.05) is 12.1 Å². The molecule has 14 heteroatoms. The Kier molecular flexibility index (Phi) is 6.41. The van der Waals surface area contributed by atoms with E-state index < -0.39 is 50.0 Å². The second kappa shape index (κ2) is 8.23. The summed E-state index contributed by atoms with van der Waals surface area (Å²) in [6, 6.07) is 4.58. The minimum Gasteiger partial charge on any atom is -0.383 e. The van der Waals surface area contributed by atoms with Gasteiger partial charge in [0.25, 0.3) is 0 Å². The molecule has 0 spiro atoms. The molecular formula is C20H17ClF8N2O2S. The minimum absolute atomic E-state index is 0. The van der Waals surface area contributed by atoms with E-state index in [0.717, 1.165) is 30.3 Å². The van der Waals surface area contributed by atoms with Crippen LogP contribution in [0.25, 0.3) is 0 Å². The van der Waals surface area contributed by atoms with Gasteiger partial charge in [0, 0.05) is 23.8 Å². The van der Waals surface area contributed by atoms with Crippen LogP contribution in [0.5, 0.6) is 0 Å². The van der Waals surface area contributed by atoms with Gasteiger partial charge in [0.15, 0.2) is 9.84 Å². The summed E-state index contributed by atoms with van der Waals surface area (Å²) >= 11 is 0. The van der Waals surface area contributed by atoms with Crippen LogP contribution in [0, 0.1) is 5.82 Å². The number of benzene rings is 2. The Bertz CT molecular complexity index is 1170. The van der Waals surface area contributed by atoms with Crippen molar-refractivity contribution < 1.29 is 43.5 Å². The van der Waals surface area contributed by atoms with Gasteiger partial charge in [-0.3, -0.25) is 0 Å². The highest BCUT2D eigenvalue weighted by Gasteiger charge is 2.73. The zero-order chi connectivity index (χ0) is 24.4. The summed E-state index contributed by atoms with van der Waals surface area (Å²) in [4.78, 5) is -0.264. The van der Waals surface area contributed by atoms with Crippen molar-refractivity contribution in [1.82, 2.24) is 5.32 Å². The molecule has 34 heavy (non-hydrogen) atoms. The molecule has 4 nitrogen and oxygen atoms in total. The summed E-state index contributed by atoms with van der Waals surface area (Å²) in [6.45, 7) is 0.0281. The van der Waals surface area contributed by atoms with E-state index in [0.29, 0.717) is 12.1 Å². The van der Waals surface area contributed by atoms with Gasteiger partial charge in [-0.2, -0.15) is 26.3 Å². The number of fused-ring (bicyclic) bond motifs is 3. The molecule has 2 heterocycles. The van der Waals surface area contributed by atoms with Gasteiger partial charge in [-0.25, -0.2) is 17.2 Å². The third-order valence-electron chi connectivity index (χ3n) is 6.20. The van der Waals surface area contributed by atoms with Crippen molar-refractivity contribution in [2.24, 2.45) is 0 Å². The predicted molar refractivity (Wildman–Crippen MR) is 109 cm³/mol. The predicted octanol–water partition coefficient (Wildman–Crippen LogP) is 4.99. The number of sulfone groups is 1. The molecule has 0 bridgehead atoms. The van der Waals surface area contributed by atoms with Gasteiger partial charge in [0.1, 0.15) is 10.6 Å². The van der Waals surface area contributed by atoms with Crippen molar-refractivity contribution in [3.63, 3.8) is 0 Å². The van der Waals surface area contributed by atoms with Gasteiger partial charge < -0.3 is 10.6 Å². The smallest absolute Gasteiger partial charge is 0.383 e. The van der Waals surface area contributed by atoms with Crippen molar-refractivity contribution >= 4 is 27.9 Å². The first kappa shape index (κ1) is 26.5. The van der Waals surface area contributed by atoms with E-state index in [4.69, 9.17) is 0 Å². The second-order valence-corrected chi connectivity index (χ2v) is 10.1. The molecule has 0 aliphatic carbocycles. The highest BCUT2D eigenvalue weighted by Crippen LogP contribution is 2.55. The maximum Gasteiger partial charge on any atom is 0.435 e. The number of halogens is 9. The molecule has 4 rings (SSSR count). The quantitative estimate of drug-likeness (QED) is 0.429. The number of rotatable bonds is 3. The number of anilines is 1. The lowest BCUT2D eigenvalue weighted by Crippen LogP contribution is -2.53. The van der Waals surface area contributed by atoms with Gasteiger partial charge in [0.05, 0.1) is 4.90 Å². The van der Waals surface area contributed by atoms with Gasteiger partial charge in [0.2, 0.25) is 0 Å². The number of hydrogen-bond donors (Lipinski definition) is 2. The van der Waals surface area contributed by atoms with Crippen molar-refractivity contribution in [3.8, 4) is 0 Å². The molecule has 0 saturated carbocycles. The van der Waals surface area contributed by atoms with Crippen molar-refractivity contribution in [1.29, 1.82) is 0 Å². The molecule has 1 fully saturated rings. The number of alkyl halides is 7. The van der Waals surface area contributed by atoms with E-state index in [2.05, 4.69) is 10.6 Å². The Morgan fingerprint density at radius 1 is 0.912 bits per heavy atom. The molecule has 1 saturated heterocycles. The Morgan fingerprint density at radius 2 is 1.50 bits per heavy atom. The fourth-order valence-electron chi connectivity index (χ4n) is 4.59. The largest absolute Gasteiger partial charge is 0.435 e. The third kappa shape index (κ3) is 3.54. The summed E-state index contributed by atoms with van der Waals surface area (Å²) in [5.41, 5.74) is -7.81. The summed E-state index contributed by atoms with van der Waals surface area (Å²) in [5, 5.41) is 5.59. The van der Waals surface area contributed by atoms with Crippen LogP contribution in [0.1, 0.15) is 17.5 Å². The summed E-state index contributed by atoms with van der Waals surface area (Å²) in [6.07, 6.45) is -12.7. The zero-order valence-corrected chi connectivity index (χ0v) is 18.5. The molecule has 2 unspecified atom stereocenters. The van der Waals surface area contributed by atoms with E-state index in [1.807, 2.05) is 0 Å². The second-order valence-electron chi connectivity index (χ2n) is 7.90. The van der Waals surface area contributed by atoms with Crippen LogP contribution in [0.2, 0.25) is 0 Å². The van der Waals surface area contributed by atoms with Crippen LogP contribution in [-0.2, 0) is 20.3 Å². The first-order valence-corrected chi connectivity index (χ1v) is 11.1. The first-order valence-electron chi connectivity index (χ1n) is 9.61. The highest BCUT2D eigenvalue weighted by molar-refractivity contribution is 7.92. The lowest BCUT2D eigenvalue weighted by Gasteiger charge is -2.41. The van der Waals surface area contributed by atoms with Gasteiger partial charge in [-0.15, -0.1) is 12.4 Å². The molecule has 2 aromatic carbocycles. The Balaban J connectivity index is 0.00000324. The third-order valence-corrected chi connectivity index (χ3v) is 8.77. The van der Waals surface area contributed by atoms with Crippen LogP contribution in [0.3, 0.4) is 0 Å². The number of nitrogens with one attached hydrogen (secondary N) is 2. The molecule has 2 N–H and O–H groups in total. The average Bonchev–Trinajstić information content (AvgIpc) is 3.17. The zero-order valence-electron chi connectivity index (χ0n) is 16.9. The van der Waals surface area contributed by atoms with Gasteiger partial charge >= 0.3 is 18.0 Å². The Hall–Kier alpha value is -2.12. The van der Waals surface area contributed by atoms with Crippen LogP contribution < -0.4 is 10.6 Å². The van der Waals surface area contributed by atoms with Gasteiger partial charge in [-0.05, 0) is 48.9 Å². The molecule has 0 radical (unpaired) electrons. The van der Waals surface area contributed by atoms with E-state index in [9.17, 15) is 43.5 Å². The maximum atomic E-state index is 14.6. The summed E-state index contributed by atoms with van der Waals surface area (Å²) < 4.78 is 133. The normalized spacial score (nSPS) is 22.9. The standard InChI is InChI=1S/C20H16F8N2O2S.ClH/c21-12-2-4-13(5-3-12)33(31,32)17-7-8-29-16(17)10-30-15-9-11(1-6-14(15)17)18(22,19(23,24)25)20(26,27)28;/h1-6,9,16,29-30H,7-8,10H2;1H. The lowest BCUT2D eigenvalue weighted by molar-refractivity contribution is -0.348. The topological polar surface area (TPSA) is 58.2 Å². The van der Waals surface area contributed by atoms with Crippen LogP contribution in [0.4, 0.5) is 40.8 Å². The van der Waals surface area contributed by atoms with Crippen LogP contribution in [0.15, 0.2) is 47.4 Å². The van der Waals surface area contributed by atoms with E-state index >= 15 is 0 Å². The SMILES string of the molecule is Cl.O=S(=O)(c1ccc(F)cc1)C12CCNC1CNc1cc(C(F)(C(F)(F)F)C(F)(F)F)ccc12. The lowest BCUT2D eigenvalue weighted by atomic mass is 9.83. The molecule has 2 aliphatic heterocycles. The summed E-state index contributed by atoms with van der Waals surface area (Å²) in [5.74, 6) is -0.693. The van der Waals surface area contributed by atoms with Crippen molar-refractivity contribution in [3.05, 3.63) is 59.4 Å². The fourth-order valence-corrected chi connectivity index (χ4v) is 6.89. The Labute approximate surface area is 195 Å². The fraction of sp³-hybridized carbons (Fsp3) is 0.400. The van der Waals surface area contributed by atoms with E-state index in [1.165, 1.54) is 0 Å². The molecule has 0 amide bonds. The molecular weight excluding hydrogens is 520 g/mol. The minimum atomic E-state index is -6.30. The van der Waals surface area contributed by atoms with Crippen molar-refractivity contribution in [2.75, 3.05) is 18.4 Å². The number of hydrogen-bond acceptors (Lipinski definition) is 4. The van der Waals surface area contributed by atoms with E-state index in [-0.39, 0.29) is 48.1 Å². The van der Waals surface area contributed by atoms with Crippen LogP contribution in [-0.4, -0.2) is 39.9 Å². The molecule has 188 valence electrons. The highest BCUT2D eigenvalue weighted by atomic mass is 35.5.